The van der Waals surface area contributed by atoms with Gasteiger partial charge in [-0.1, -0.05) is 30.3 Å². The predicted octanol–water partition coefficient (Wildman–Crippen LogP) is 2.81. The average molecular weight is 360 g/mol. The molecule has 0 amide bonds. The fourth-order valence-corrected chi connectivity index (χ4v) is 2.80. The van der Waals surface area contributed by atoms with Crippen molar-refractivity contribution in [3.05, 3.63) is 58.3 Å². The van der Waals surface area contributed by atoms with Crippen LogP contribution in [0.15, 0.2) is 51.8 Å². The second-order valence-corrected chi connectivity index (χ2v) is 6.42. The Labute approximate surface area is 124 Å². The third-order valence-corrected chi connectivity index (χ3v) is 4.08. The van der Waals surface area contributed by atoms with Crippen LogP contribution in [0, 0.1) is 5.82 Å². The molecular formula is C13H11BrFNO3S. The maximum atomic E-state index is 13.7. The lowest BCUT2D eigenvalue weighted by molar-refractivity contribution is 0.302. The molecule has 0 aliphatic rings. The van der Waals surface area contributed by atoms with Gasteiger partial charge in [0.15, 0.2) is 0 Å². The zero-order valence-electron chi connectivity index (χ0n) is 10.2. The third-order valence-electron chi connectivity index (χ3n) is 2.53. The molecule has 0 aromatic heterocycles. The van der Waals surface area contributed by atoms with Gasteiger partial charge in [0.05, 0.1) is 4.47 Å². The van der Waals surface area contributed by atoms with Crippen molar-refractivity contribution in [3.8, 4) is 5.75 Å². The third kappa shape index (κ3) is 3.56. The molecule has 0 saturated heterocycles. The topological polar surface area (TPSA) is 69.4 Å². The first kappa shape index (κ1) is 15.0. The lowest BCUT2D eigenvalue weighted by Crippen LogP contribution is -2.14. The molecule has 7 heteroatoms. The maximum absolute atomic E-state index is 13.7. The standard InChI is InChI=1S/C13H11BrFNO3S/c14-10-6-13(20(16,17)18)11(15)7-12(10)19-8-9-4-2-1-3-5-9/h1-7H,8H2,(H2,16,17,18). The van der Waals surface area contributed by atoms with E-state index >= 15 is 0 Å². The van der Waals surface area contributed by atoms with Crippen LogP contribution in [0.25, 0.3) is 0 Å². The minimum atomic E-state index is -4.10. The van der Waals surface area contributed by atoms with Gasteiger partial charge in [-0.2, -0.15) is 0 Å². The highest BCUT2D eigenvalue weighted by atomic mass is 79.9. The SMILES string of the molecule is NS(=O)(=O)c1cc(Br)c(OCc2ccccc2)cc1F. The molecule has 0 spiro atoms. The Morgan fingerprint density at radius 2 is 1.85 bits per heavy atom. The van der Waals surface area contributed by atoms with E-state index in [-0.39, 0.29) is 12.4 Å². The molecule has 2 rings (SSSR count). The first-order valence-corrected chi connectivity index (χ1v) is 7.90. The molecule has 0 aliphatic carbocycles. The summed E-state index contributed by atoms with van der Waals surface area (Å²) in [5.74, 6) is -0.738. The van der Waals surface area contributed by atoms with E-state index < -0.39 is 20.7 Å². The van der Waals surface area contributed by atoms with E-state index in [4.69, 9.17) is 9.88 Å². The van der Waals surface area contributed by atoms with Crippen LogP contribution in [0.2, 0.25) is 0 Å². The second kappa shape index (κ2) is 5.90. The van der Waals surface area contributed by atoms with Crippen LogP contribution in [0.1, 0.15) is 5.56 Å². The summed E-state index contributed by atoms with van der Waals surface area (Å²) in [5.41, 5.74) is 0.912. The minimum absolute atomic E-state index is 0.207. The Morgan fingerprint density at radius 1 is 1.20 bits per heavy atom. The molecule has 2 aromatic rings. The first-order chi connectivity index (χ1) is 9.38. The summed E-state index contributed by atoms with van der Waals surface area (Å²) in [7, 11) is -4.10. The summed E-state index contributed by atoms with van der Waals surface area (Å²) in [6.07, 6.45) is 0. The van der Waals surface area contributed by atoms with Crippen molar-refractivity contribution in [2.75, 3.05) is 0 Å². The number of sulfonamides is 1. The van der Waals surface area contributed by atoms with E-state index in [2.05, 4.69) is 15.9 Å². The second-order valence-electron chi connectivity index (χ2n) is 4.03. The van der Waals surface area contributed by atoms with Crippen molar-refractivity contribution in [2.45, 2.75) is 11.5 Å². The van der Waals surface area contributed by atoms with E-state index in [1.807, 2.05) is 30.3 Å². The molecule has 4 nitrogen and oxygen atoms in total. The van der Waals surface area contributed by atoms with Gasteiger partial charge >= 0.3 is 0 Å². The van der Waals surface area contributed by atoms with Crippen LogP contribution >= 0.6 is 15.9 Å². The van der Waals surface area contributed by atoms with E-state index in [1.165, 1.54) is 0 Å². The summed E-state index contributed by atoms with van der Waals surface area (Å²) >= 11 is 3.14. The van der Waals surface area contributed by atoms with Crippen molar-refractivity contribution in [3.63, 3.8) is 0 Å². The molecule has 20 heavy (non-hydrogen) atoms. The molecule has 2 aromatic carbocycles. The summed E-state index contributed by atoms with van der Waals surface area (Å²) in [6.45, 7) is 0.244. The number of rotatable bonds is 4. The number of nitrogens with two attached hydrogens (primary N) is 1. The molecular weight excluding hydrogens is 349 g/mol. The molecule has 0 fully saturated rings. The Hall–Kier alpha value is -1.44. The fraction of sp³-hybridized carbons (Fsp3) is 0.0769. The molecule has 0 radical (unpaired) electrons. The summed E-state index contributed by atoms with van der Waals surface area (Å²) in [5, 5.41) is 4.91. The highest BCUT2D eigenvalue weighted by Gasteiger charge is 2.17. The first-order valence-electron chi connectivity index (χ1n) is 5.56. The van der Waals surface area contributed by atoms with Gasteiger partial charge in [-0.05, 0) is 27.6 Å². The van der Waals surface area contributed by atoms with Crippen LogP contribution in [-0.2, 0) is 16.6 Å². The van der Waals surface area contributed by atoms with Gasteiger partial charge in [0.2, 0.25) is 10.0 Å². The lowest BCUT2D eigenvalue weighted by Gasteiger charge is -2.10. The molecule has 0 atom stereocenters. The molecule has 0 heterocycles. The Kier molecular flexibility index (Phi) is 4.42. The van der Waals surface area contributed by atoms with Gasteiger partial charge in [0.25, 0.3) is 0 Å². The van der Waals surface area contributed by atoms with Crippen LogP contribution in [0.3, 0.4) is 0 Å². The Balaban J connectivity index is 2.24. The van der Waals surface area contributed by atoms with Crippen molar-refractivity contribution in [2.24, 2.45) is 5.14 Å². The molecule has 0 aliphatic heterocycles. The van der Waals surface area contributed by atoms with Crippen LogP contribution < -0.4 is 9.88 Å². The number of benzene rings is 2. The zero-order valence-corrected chi connectivity index (χ0v) is 12.6. The molecule has 0 saturated carbocycles. The summed E-state index contributed by atoms with van der Waals surface area (Å²) in [4.78, 5) is -0.573. The highest BCUT2D eigenvalue weighted by molar-refractivity contribution is 9.10. The van der Waals surface area contributed by atoms with Gasteiger partial charge in [-0.3, -0.25) is 0 Å². The quantitative estimate of drug-likeness (QED) is 0.912. The predicted molar refractivity (Wildman–Crippen MR) is 76.2 cm³/mol. The average Bonchev–Trinajstić information content (AvgIpc) is 2.39. The number of halogens is 2. The smallest absolute Gasteiger partial charge is 0.241 e. The van der Waals surface area contributed by atoms with Gasteiger partial charge in [-0.15, -0.1) is 0 Å². The Bertz CT molecular complexity index is 720. The van der Waals surface area contributed by atoms with Crippen LogP contribution in [0.4, 0.5) is 4.39 Å². The van der Waals surface area contributed by atoms with Crippen molar-refractivity contribution < 1.29 is 17.5 Å². The monoisotopic (exact) mass is 359 g/mol. The van der Waals surface area contributed by atoms with Gasteiger partial charge in [0.1, 0.15) is 23.1 Å². The summed E-state index contributed by atoms with van der Waals surface area (Å²) < 4.78 is 41.8. The van der Waals surface area contributed by atoms with Gasteiger partial charge < -0.3 is 4.74 Å². The number of hydrogen-bond acceptors (Lipinski definition) is 3. The van der Waals surface area contributed by atoms with E-state index in [0.29, 0.717) is 4.47 Å². The number of primary sulfonamides is 1. The lowest BCUT2D eigenvalue weighted by atomic mass is 10.2. The Morgan fingerprint density at radius 3 is 2.45 bits per heavy atom. The van der Waals surface area contributed by atoms with Crippen molar-refractivity contribution in [1.82, 2.24) is 0 Å². The van der Waals surface area contributed by atoms with Gasteiger partial charge in [0, 0.05) is 6.07 Å². The van der Waals surface area contributed by atoms with E-state index in [9.17, 15) is 12.8 Å². The number of ether oxygens (including phenoxy) is 1. The van der Waals surface area contributed by atoms with Gasteiger partial charge in [-0.25, -0.2) is 17.9 Å². The van der Waals surface area contributed by atoms with Crippen molar-refractivity contribution in [1.29, 1.82) is 0 Å². The highest BCUT2D eigenvalue weighted by Crippen LogP contribution is 2.30. The molecule has 0 bridgehead atoms. The van der Waals surface area contributed by atoms with E-state index in [1.54, 1.807) is 0 Å². The normalized spacial score (nSPS) is 11.3. The molecule has 106 valence electrons. The van der Waals surface area contributed by atoms with Crippen LogP contribution in [0.5, 0.6) is 5.75 Å². The number of hydrogen-bond donors (Lipinski definition) is 1. The summed E-state index contributed by atoms with van der Waals surface area (Å²) in [6, 6.07) is 11.4. The minimum Gasteiger partial charge on any atom is -0.488 e. The van der Waals surface area contributed by atoms with Crippen LogP contribution in [-0.4, -0.2) is 8.42 Å². The zero-order chi connectivity index (χ0) is 14.8. The van der Waals surface area contributed by atoms with Crippen molar-refractivity contribution >= 4 is 26.0 Å². The molecule has 2 N–H and O–H groups in total. The largest absolute Gasteiger partial charge is 0.488 e. The maximum Gasteiger partial charge on any atom is 0.241 e. The molecule has 0 unspecified atom stereocenters. The van der Waals surface area contributed by atoms with E-state index in [0.717, 1.165) is 17.7 Å². The fourth-order valence-electron chi connectivity index (χ4n) is 1.57.